The van der Waals surface area contributed by atoms with Crippen LogP contribution in [0.25, 0.3) is 0 Å². The molecule has 2 atom stereocenters. The first-order chi connectivity index (χ1) is 10.1. The Hall–Kier alpha value is -0.193. The molecular formula is C18H35NO2Si. The minimum absolute atomic E-state index is 0.223. The number of carbonyl (C=O) groups excluding carboxylic acids is 1. The quantitative estimate of drug-likeness (QED) is 0.708. The Morgan fingerprint density at radius 2 is 1.73 bits per heavy atom. The maximum atomic E-state index is 12.6. The summed E-state index contributed by atoms with van der Waals surface area (Å²) in [6, 6.07) is 1.28. The van der Waals surface area contributed by atoms with E-state index in [9.17, 15) is 4.79 Å². The van der Waals surface area contributed by atoms with Gasteiger partial charge in [0.1, 0.15) is 5.78 Å². The van der Waals surface area contributed by atoms with Gasteiger partial charge in [0.2, 0.25) is 0 Å². The average Bonchev–Trinajstić information content (AvgIpc) is 2.36. The molecule has 0 amide bonds. The molecule has 2 fully saturated rings. The maximum Gasteiger partial charge on any atom is 0.191 e. The molecule has 3 nitrogen and oxygen atoms in total. The number of ketones is 1. The second kappa shape index (κ2) is 6.74. The highest BCUT2D eigenvalue weighted by molar-refractivity contribution is 6.74. The fourth-order valence-corrected chi connectivity index (χ4v) is 4.75. The molecule has 0 saturated carbocycles. The molecule has 0 aromatic carbocycles. The summed E-state index contributed by atoms with van der Waals surface area (Å²) in [6.07, 6.45) is 6.65. The van der Waals surface area contributed by atoms with E-state index in [0.29, 0.717) is 30.9 Å². The van der Waals surface area contributed by atoms with Crippen LogP contribution in [0.4, 0.5) is 0 Å². The first kappa shape index (κ1) is 18.1. The van der Waals surface area contributed by atoms with Crippen LogP contribution in [0.1, 0.15) is 59.3 Å². The smallest absolute Gasteiger partial charge is 0.191 e. The molecular weight excluding hydrogens is 290 g/mol. The average molecular weight is 326 g/mol. The topological polar surface area (TPSA) is 29.5 Å². The molecule has 22 heavy (non-hydrogen) atoms. The highest BCUT2D eigenvalue weighted by Crippen LogP contribution is 2.38. The van der Waals surface area contributed by atoms with E-state index in [-0.39, 0.29) is 11.0 Å². The summed E-state index contributed by atoms with van der Waals surface area (Å²) in [4.78, 5) is 15.1. The number of fused-ring (bicyclic) bond motifs is 2. The molecule has 0 radical (unpaired) electrons. The first-order valence-corrected chi connectivity index (χ1v) is 11.9. The predicted molar refractivity (Wildman–Crippen MR) is 94.7 cm³/mol. The number of nitrogens with zero attached hydrogens (tertiary/aromatic N) is 1. The van der Waals surface area contributed by atoms with Gasteiger partial charge in [0.25, 0.3) is 0 Å². The number of hydrogen-bond donors (Lipinski definition) is 0. The molecule has 0 aliphatic carbocycles. The minimum atomic E-state index is -1.72. The van der Waals surface area contributed by atoms with E-state index in [2.05, 4.69) is 45.8 Å². The van der Waals surface area contributed by atoms with Crippen LogP contribution in [0.3, 0.4) is 0 Å². The van der Waals surface area contributed by atoms with Crippen molar-refractivity contribution < 1.29 is 9.22 Å². The fourth-order valence-electron chi connectivity index (χ4n) is 3.71. The van der Waals surface area contributed by atoms with Crippen LogP contribution >= 0.6 is 0 Å². The Morgan fingerprint density at radius 3 is 2.23 bits per heavy atom. The lowest BCUT2D eigenvalue weighted by Crippen LogP contribution is -2.51. The summed E-state index contributed by atoms with van der Waals surface area (Å²) in [6.45, 7) is 11.9. The van der Waals surface area contributed by atoms with Crippen molar-refractivity contribution >= 4 is 14.1 Å². The number of piperidine rings is 2. The van der Waals surface area contributed by atoms with Crippen LogP contribution in [-0.4, -0.2) is 44.7 Å². The van der Waals surface area contributed by atoms with Crippen LogP contribution in [0.15, 0.2) is 0 Å². The van der Waals surface area contributed by atoms with Gasteiger partial charge >= 0.3 is 0 Å². The second-order valence-electron chi connectivity index (χ2n) is 8.90. The normalized spacial score (nSPS) is 30.4. The molecule has 0 N–H and O–H groups in total. The monoisotopic (exact) mass is 325 g/mol. The molecule has 0 aromatic heterocycles. The lowest BCUT2D eigenvalue weighted by Gasteiger charge is -2.46. The van der Waals surface area contributed by atoms with Crippen LogP contribution in [0.2, 0.25) is 18.1 Å². The Labute approximate surface area is 137 Å². The van der Waals surface area contributed by atoms with E-state index >= 15 is 0 Å². The Bertz CT molecular complexity index is 388. The van der Waals surface area contributed by atoms with Gasteiger partial charge in [-0.3, -0.25) is 4.79 Å². The van der Waals surface area contributed by atoms with Crippen molar-refractivity contribution in [1.82, 2.24) is 4.90 Å². The van der Waals surface area contributed by atoms with Crippen molar-refractivity contribution in [3.8, 4) is 0 Å². The number of Topliss-reactive ketones (excluding diaryl/α,β-unsaturated/α-hetero) is 1. The Morgan fingerprint density at radius 1 is 1.18 bits per heavy atom. The molecule has 2 rings (SSSR count). The van der Waals surface area contributed by atoms with E-state index < -0.39 is 8.32 Å². The van der Waals surface area contributed by atoms with Gasteiger partial charge in [0.15, 0.2) is 8.32 Å². The summed E-state index contributed by atoms with van der Waals surface area (Å²) < 4.78 is 6.18. The van der Waals surface area contributed by atoms with Gasteiger partial charge < -0.3 is 9.33 Å². The fraction of sp³-hybridized carbons (Fsp3) is 0.944. The summed E-state index contributed by atoms with van der Waals surface area (Å²) in [7, 11) is 0.530. The Kier molecular flexibility index (Phi) is 5.56. The van der Waals surface area contributed by atoms with Gasteiger partial charge in [-0.15, -0.1) is 0 Å². The summed E-state index contributed by atoms with van der Waals surface area (Å²) in [5.41, 5.74) is 0. The lowest BCUT2D eigenvalue weighted by atomic mass is 9.76. The lowest BCUT2D eigenvalue weighted by molar-refractivity contribution is -0.127. The molecule has 0 spiro atoms. The summed E-state index contributed by atoms with van der Waals surface area (Å²) in [5, 5.41) is 0.223. The molecule has 0 aromatic rings. The molecule has 2 aliphatic heterocycles. The van der Waals surface area contributed by atoms with E-state index in [4.69, 9.17) is 4.43 Å². The van der Waals surface area contributed by atoms with Gasteiger partial charge in [-0.25, -0.2) is 0 Å². The third-order valence-electron chi connectivity index (χ3n) is 6.41. The number of rotatable bonds is 5. The Balaban J connectivity index is 1.81. The molecule has 2 saturated heterocycles. The van der Waals surface area contributed by atoms with Crippen LogP contribution in [0.5, 0.6) is 0 Å². The van der Waals surface area contributed by atoms with Crippen molar-refractivity contribution in [2.45, 2.75) is 89.5 Å². The van der Waals surface area contributed by atoms with Crippen molar-refractivity contribution in [2.75, 3.05) is 13.7 Å². The van der Waals surface area contributed by atoms with Crippen molar-refractivity contribution in [3.05, 3.63) is 0 Å². The molecule has 128 valence electrons. The van der Waals surface area contributed by atoms with E-state index in [1.807, 2.05) is 0 Å². The van der Waals surface area contributed by atoms with Crippen molar-refractivity contribution in [2.24, 2.45) is 5.92 Å². The third-order valence-corrected chi connectivity index (χ3v) is 11.0. The number of carbonyl (C=O) groups is 1. The second-order valence-corrected chi connectivity index (χ2v) is 13.7. The van der Waals surface area contributed by atoms with Gasteiger partial charge in [-0.2, -0.15) is 0 Å². The predicted octanol–water partition coefficient (Wildman–Crippen LogP) is 4.23. The van der Waals surface area contributed by atoms with Crippen LogP contribution in [0, 0.1) is 5.92 Å². The minimum Gasteiger partial charge on any atom is -0.416 e. The largest absolute Gasteiger partial charge is 0.416 e. The zero-order valence-electron chi connectivity index (χ0n) is 15.4. The zero-order chi connectivity index (χ0) is 16.5. The highest BCUT2D eigenvalue weighted by Gasteiger charge is 2.39. The highest BCUT2D eigenvalue weighted by atomic mass is 28.4. The van der Waals surface area contributed by atoms with Gasteiger partial charge in [-0.1, -0.05) is 27.2 Å². The zero-order valence-corrected chi connectivity index (χ0v) is 16.4. The molecule has 2 bridgehead atoms. The van der Waals surface area contributed by atoms with Crippen molar-refractivity contribution in [3.63, 3.8) is 0 Å². The first-order valence-electron chi connectivity index (χ1n) is 9.00. The molecule has 2 heterocycles. The van der Waals surface area contributed by atoms with Gasteiger partial charge in [0.05, 0.1) is 0 Å². The number of hydrogen-bond acceptors (Lipinski definition) is 3. The third kappa shape index (κ3) is 4.01. The maximum absolute atomic E-state index is 12.6. The van der Waals surface area contributed by atoms with Crippen molar-refractivity contribution in [1.29, 1.82) is 0 Å². The van der Waals surface area contributed by atoms with Crippen LogP contribution in [-0.2, 0) is 9.22 Å². The summed E-state index contributed by atoms with van der Waals surface area (Å²) in [5.74, 6) is 0.734. The van der Waals surface area contributed by atoms with Gasteiger partial charge in [0, 0.05) is 31.0 Å². The van der Waals surface area contributed by atoms with E-state index in [0.717, 1.165) is 12.8 Å². The van der Waals surface area contributed by atoms with E-state index in [1.54, 1.807) is 0 Å². The standard InChI is InChI=1S/C18H35NO2Si/c1-18(2,3)22(5,6)21-11-10-17(20)14-12-15-8-7-9-16(13-14)19(15)4/h14-16H,7-13H2,1-6H3. The summed E-state index contributed by atoms with van der Waals surface area (Å²) >= 11 is 0. The van der Waals surface area contributed by atoms with Crippen LogP contribution < -0.4 is 0 Å². The van der Waals surface area contributed by atoms with Gasteiger partial charge in [-0.05, 0) is 50.9 Å². The SMILES string of the molecule is CN1C2CCCC1CC(C(=O)CCO[Si](C)(C)C(C)(C)C)C2. The molecule has 4 heteroatoms. The van der Waals surface area contributed by atoms with E-state index in [1.165, 1.54) is 19.3 Å². The molecule has 2 aliphatic rings. The molecule has 2 unspecified atom stereocenters.